The number of amides is 1. The van der Waals surface area contributed by atoms with Crippen molar-refractivity contribution in [3.05, 3.63) is 87.2 Å². The number of sulfonamides is 1. The SMILES string of the molecule is Cc1ccc2sc(=NC(=O)c3cccc(NS(=O)(=O)c4ccc(Cl)cc4)c3)n(C)c2c1C. The molecule has 0 spiro atoms. The first-order valence-corrected chi connectivity index (χ1v) is 12.4. The van der Waals surface area contributed by atoms with Gasteiger partial charge in [0, 0.05) is 23.3 Å². The number of anilines is 1. The lowest BCUT2D eigenvalue weighted by Gasteiger charge is -2.09. The normalized spacial score (nSPS) is 12.3. The predicted octanol–water partition coefficient (Wildman–Crippen LogP) is 5.05. The summed E-state index contributed by atoms with van der Waals surface area (Å²) in [4.78, 5) is 17.8. The fraction of sp³-hybridized carbons (Fsp3) is 0.130. The van der Waals surface area contributed by atoms with Crippen LogP contribution in [0.4, 0.5) is 5.69 Å². The zero-order valence-corrected chi connectivity index (χ0v) is 20.0. The summed E-state index contributed by atoms with van der Waals surface area (Å²) in [5.74, 6) is -0.450. The number of rotatable bonds is 4. The van der Waals surface area contributed by atoms with E-state index in [1.807, 2.05) is 31.5 Å². The molecule has 0 aliphatic carbocycles. The molecule has 1 heterocycles. The Balaban J connectivity index is 1.66. The van der Waals surface area contributed by atoms with Gasteiger partial charge in [0.05, 0.1) is 15.1 Å². The summed E-state index contributed by atoms with van der Waals surface area (Å²) >= 11 is 7.27. The quantitative estimate of drug-likeness (QED) is 0.439. The number of carbonyl (C=O) groups is 1. The van der Waals surface area contributed by atoms with E-state index in [1.54, 1.807) is 18.2 Å². The van der Waals surface area contributed by atoms with Gasteiger partial charge in [-0.3, -0.25) is 9.52 Å². The highest BCUT2D eigenvalue weighted by atomic mass is 35.5. The van der Waals surface area contributed by atoms with E-state index in [1.165, 1.54) is 47.2 Å². The summed E-state index contributed by atoms with van der Waals surface area (Å²) in [5, 5.41) is 0.443. The number of halogens is 1. The number of carbonyl (C=O) groups excluding carboxylic acids is 1. The molecule has 9 heteroatoms. The highest BCUT2D eigenvalue weighted by Crippen LogP contribution is 2.23. The average molecular weight is 486 g/mol. The van der Waals surface area contributed by atoms with Crippen LogP contribution >= 0.6 is 22.9 Å². The molecule has 0 bridgehead atoms. The molecule has 0 radical (unpaired) electrons. The minimum Gasteiger partial charge on any atom is -0.319 e. The Labute approximate surface area is 194 Å². The fourth-order valence-electron chi connectivity index (χ4n) is 3.33. The lowest BCUT2D eigenvalue weighted by atomic mass is 10.1. The van der Waals surface area contributed by atoms with Crippen molar-refractivity contribution in [3.8, 4) is 0 Å². The van der Waals surface area contributed by atoms with Crippen molar-refractivity contribution in [2.45, 2.75) is 18.7 Å². The van der Waals surface area contributed by atoms with Crippen molar-refractivity contribution in [1.82, 2.24) is 4.57 Å². The third-order valence-electron chi connectivity index (χ3n) is 5.17. The summed E-state index contributed by atoms with van der Waals surface area (Å²) in [6.45, 7) is 4.09. The maximum Gasteiger partial charge on any atom is 0.279 e. The highest BCUT2D eigenvalue weighted by molar-refractivity contribution is 7.92. The maximum absolute atomic E-state index is 12.9. The minimum absolute atomic E-state index is 0.0753. The Hall–Kier alpha value is -2.94. The van der Waals surface area contributed by atoms with Gasteiger partial charge in [0.15, 0.2) is 4.80 Å². The maximum atomic E-state index is 12.9. The Morgan fingerprint density at radius 2 is 1.78 bits per heavy atom. The van der Waals surface area contributed by atoms with Crippen LogP contribution in [0, 0.1) is 13.8 Å². The number of hydrogen-bond donors (Lipinski definition) is 1. The number of fused-ring (bicyclic) bond motifs is 1. The number of nitrogens with one attached hydrogen (secondary N) is 1. The lowest BCUT2D eigenvalue weighted by molar-refractivity contribution is 0.0998. The Bertz CT molecular complexity index is 1520. The van der Waals surface area contributed by atoms with Gasteiger partial charge < -0.3 is 4.57 Å². The van der Waals surface area contributed by atoms with Crippen LogP contribution in [-0.4, -0.2) is 18.9 Å². The molecule has 1 N–H and O–H groups in total. The molecule has 0 unspecified atom stereocenters. The molecule has 0 aliphatic rings. The average Bonchev–Trinajstić information content (AvgIpc) is 3.07. The molecule has 3 aromatic carbocycles. The molecule has 164 valence electrons. The first kappa shape index (κ1) is 22.3. The summed E-state index contributed by atoms with van der Waals surface area (Å²) < 4.78 is 30.7. The van der Waals surface area contributed by atoms with Crippen molar-refractivity contribution < 1.29 is 13.2 Å². The van der Waals surface area contributed by atoms with Crippen molar-refractivity contribution >= 4 is 54.8 Å². The van der Waals surface area contributed by atoms with Crippen LogP contribution in [0.3, 0.4) is 0 Å². The van der Waals surface area contributed by atoms with Crippen LogP contribution in [0.2, 0.25) is 5.02 Å². The van der Waals surface area contributed by atoms with Gasteiger partial charge in [0.25, 0.3) is 15.9 Å². The molecule has 4 rings (SSSR count). The summed E-state index contributed by atoms with van der Waals surface area (Å²) in [5.41, 5.74) is 3.92. The monoisotopic (exact) mass is 485 g/mol. The van der Waals surface area contributed by atoms with Crippen LogP contribution < -0.4 is 9.52 Å². The number of thiazole rings is 1. The molecule has 1 amide bonds. The molecular formula is C23H20ClN3O3S2. The summed E-state index contributed by atoms with van der Waals surface area (Å²) in [7, 11) is -1.93. The van der Waals surface area contributed by atoms with Crippen molar-refractivity contribution in [1.29, 1.82) is 0 Å². The lowest BCUT2D eigenvalue weighted by Crippen LogP contribution is -2.15. The summed E-state index contributed by atoms with van der Waals surface area (Å²) in [6, 6.07) is 16.2. The van der Waals surface area contributed by atoms with Gasteiger partial charge in [-0.15, -0.1) is 0 Å². The standard InChI is InChI=1S/C23H20ClN3O3S2/c1-14-7-12-20-21(15(14)2)27(3)23(31-20)25-22(28)16-5-4-6-18(13-16)26-32(29,30)19-10-8-17(24)9-11-19/h4-13,26H,1-3H3. The van der Waals surface area contributed by atoms with Crippen molar-refractivity contribution in [3.63, 3.8) is 0 Å². The van der Waals surface area contributed by atoms with Gasteiger partial charge >= 0.3 is 0 Å². The first-order valence-electron chi connectivity index (χ1n) is 9.69. The zero-order valence-electron chi connectivity index (χ0n) is 17.6. The van der Waals surface area contributed by atoms with Gasteiger partial charge in [-0.25, -0.2) is 8.42 Å². The number of nitrogens with zero attached hydrogens (tertiary/aromatic N) is 2. The fourth-order valence-corrected chi connectivity index (χ4v) is 5.58. The second kappa shape index (κ2) is 8.54. The van der Waals surface area contributed by atoms with Gasteiger partial charge in [0.1, 0.15) is 0 Å². The zero-order chi connectivity index (χ0) is 23.0. The van der Waals surface area contributed by atoms with Crippen LogP contribution in [-0.2, 0) is 17.1 Å². The topological polar surface area (TPSA) is 80.5 Å². The van der Waals surface area contributed by atoms with Crippen LogP contribution in [0.5, 0.6) is 0 Å². The molecule has 0 aliphatic heterocycles. The predicted molar refractivity (Wildman–Crippen MR) is 129 cm³/mol. The number of aryl methyl sites for hydroxylation is 3. The summed E-state index contributed by atoms with van der Waals surface area (Å²) in [6.07, 6.45) is 0. The van der Waals surface area contributed by atoms with E-state index in [-0.39, 0.29) is 16.1 Å². The van der Waals surface area contributed by atoms with E-state index >= 15 is 0 Å². The van der Waals surface area contributed by atoms with Crippen molar-refractivity contribution in [2.75, 3.05) is 4.72 Å². The molecule has 0 atom stereocenters. The van der Waals surface area contributed by atoms with Crippen LogP contribution in [0.1, 0.15) is 21.5 Å². The van der Waals surface area contributed by atoms with Gasteiger partial charge in [-0.2, -0.15) is 4.99 Å². The van der Waals surface area contributed by atoms with E-state index in [9.17, 15) is 13.2 Å². The highest BCUT2D eigenvalue weighted by Gasteiger charge is 2.15. The Morgan fingerprint density at radius 3 is 2.50 bits per heavy atom. The molecule has 0 saturated heterocycles. The molecule has 1 aromatic heterocycles. The molecular weight excluding hydrogens is 466 g/mol. The Morgan fingerprint density at radius 1 is 1.06 bits per heavy atom. The number of hydrogen-bond acceptors (Lipinski definition) is 4. The Kier molecular flexibility index (Phi) is 5.94. The molecule has 6 nitrogen and oxygen atoms in total. The van der Waals surface area contributed by atoms with E-state index < -0.39 is 15.9 Å². The third-order valence-corrected chi connectivity index (χ3v) is 7.92. The van der Waals surface area contributed by atoms with Crippen LogP contribution in [0.25, 0.3) is 10.2 Å². The van der Waals surface area contributed by atoms with Crippen molar-refractivity contribution in [2.24, 2.45) is 12.0 Å². The van der Waals surface area contributed by atoms with Gasteiger partial charge in [-0.1, -0.05) is 35.1 Å². The third kappa shape index (κ3) is 4.34. The van der Waals surface area contributed by atoms with Gasteiger partial charge in [-0.05, 0) is 73.5 Å². The smallest absolute Gasteiger partial charge is 0.279 e. The molecule has 0 saturated carbocycles. The second-order valence-electron chi connectivity index (χ2n) is 7.36. The number of aromatic nitrogens is 1. The van der Waals surface area contributed by atoms with E-state index in [2.05, 4.69) is 15.8 Å². The largest absolute Gasteiger partial charge is 0.319 e. The van der Waals surface area contributed by atoms with E-state index in [0.29, 0.717) is 9.82 Å². The molecule has 0 fully saturated rings. The molecule has 4 aromatic rings. The van der Waals surface area contributed by atoms with E-state index in [0.717, 1.165) is 15.8 Å². The molecule has 32 heavy (non-hydrogen) atoms. The second-order valence-corrected chi connectivity index (χ2v) is 10.5. The van der Waals surface area contributed by atoms with Crippen LogP contribution in [0.15, 0.2) is 70.6 Å². The van der Waals surface area contributed by atoms with Gasteiger partial charge in [0.2, 0.25) is 0 Å². The minimum atomic E-state index is -3.82. The van der Waals surface area contributed by atoms with E-state index in [4.69, 9.17) is 11.6 Å². The first-order chi connectivity index (χ1) is 15.2. The number of benzene rings is 3.